The molecule has 90 valence electrons. The van der Waals surface area contributed by atoms with Gasteiger partial charge in [0.25, 0.3) is 0 Å². The number of thiophene rings is 2. The van der Waals surface area contributed by atoms with Crippen LogP contribution in [0.4, 0.5) is 0 Å². The number of benzene rings is 1. The molecule has 0 radical (unpaired) electrons. The highest BCUT2D eigenvalue weighted by Gasteiger charge is 2.05. The van der Waals surface area contributed by atoms with Gasteiger partial charge in [-0.2, -0.15) is 0 Å². The van der Waals surface area contributed by atoms with Crippen LogP contribution in [0.3, 0.4) is 0 Å². The third-order valence-corrected chi connectivity index (χ3v) is 4.76. The molecule has 3 rings (SSSR count). The van der Waals surface area contributed by atoms with E-state index >= 15 is 0 Å². The van der Waals surface area contributed by atoms with Crippen molar-refractivity contribution >= 4 is 22.7 Å². The van der Waals surface area contributed by atoms with Gasteiger partial charge in [0.15, 0.2) is 0 Å². The van der Waals surface area contributed by atoms with Gasteiger partial charge >= 0.3 is 0 Å². The van der Waals surface area contributed by atoms with E-state index in [-0.39, 0.29) is 0 Å². The predicted molar refractivity (Wildman–Crippen MR) is 80.7 cm³/mol. The second kappa shape index (κ2) is 5.51. The lowest BCUT2D eigenvalue weighted by molar-refractivity contribution is 1.13. The Balaban J connectivity index is 1.85. The summed E-state index contributed by atoms with van der Waals surface area (Å²) >= 11 is 3.67. The molecule has 0 spiro atoms. The zero-order valence-electron chi connectivity index (χ0n) is 10.0. The van der Waals surface area contributed by atoms with Gasteiger partial charge in [-0.1, -0.05) is 36.4 Å². The predicted octanol–water partition coefficient (Wildman–Crippen LogP) is 4.99. The van der Waals surface area contributed by atoms with Crippen LogP contribution in [0.15, 0.2) is 59.3 Å². The molecule has 3 aromatic rings. The van der Waals surface area contributed by atoms with Gasteiger partial charge in [0, 0.05) is 22.6 Å². The maximum absolute atomic E-state index is 2.25. The van der Waals surface area contributed by atoms with Gasteiger partial charge in [0.05, 0.1) is 0 Å². The van der Waals surface area contributed by atoms with Crippen LogP contribution < -0.4 is 0 Å². The van der Waals surface area contributed by atoms with Crippen molar-refractivity contribution in [2.24, 2.45) is 0 Å². The first-order valence-corrected chi connectivity index (χ1v) is 7.79. The van der Waals surface area contributed by atoms with E-state index in [0.29, 0.717) is 0 Å². The summed E-state index contributed by atoms with van der Waals surface area (Å²) in [5.41, 5.74) is 2.90. The fourth-order valence-electron chi connectivity index (χ4n) is 2.10. The van der Waals surface area contributed by atoms with Crippen molar-refractivity contribution in [1.29, 1.82) is 0 Å². The average molecular weight is 270 g/mol. The molecule has 0 N–H and O–H groups in total. The molecule has 0 nitrogen and oxygen atoms in total. The quantitative estimate of drug-likeness (QED) is 0.626. The van der Waals surface area contributed by atoms with Crippen molar-refractivity contribution in [3.05, 3.63) is 80.2 Å². The minimum absolute atomic E-state index is 1.05. The summed E-state index contributed by atoms with van der Waals surface area (Å²) in [5, 5.41) is 4.30. The van der Waals surface area contributed by atoms with E-state index in [0.717, 1.165) is 12.8 Å². The van der Waals surface area contributed by atoms with Gasteiger partial charge in [-0.05, 0) is 34.0 Å². The first kappa shape index (κ1) is 11.7. The standard InChI is InChI=1S/C16H14S2/c1-2-6-14(12-16-8-4-10-18-16)13(5-1)11-15-7-3-9-17-15/h1-10H,11-12H2. The third kappa shape index (κ3) is 2.71. The molecule has 0 aliphatic carbocycles. The molecule has 0 aliphatic heterocycles. The lowest BCUT2D eigenvalue weighted by Gasteiger charge is -2.07. The topological polar surface area (TPSA) is 0 Å². The second-order valence-corrected chi connectivity index (χ2v) is 6.35. The summed E-state index contributed by atoms with van der Waals surface area (Å²) < 4.78 is 0. The van der Waals surface area contributed by atoms with Crippen LogP contribution >= 0.6 is 22.7 Å². The fraction of sp³-hybridized carbons (Fsp3) is 0.125. The molecule has 0 atom stereocenters. The molecule has 0 aliphatic rings. The molecule has 18 heavy (non-hydrogen) atoms. The van der Waals surface area contributed by atoms with Crippen molar-refractivity contribution in [2.45, 2.75) is 12.8 Å². The SMILES string of the molecule is c1csc(Cc2ccccc2Cc2cccs2)c1. The first-order chi connectivity index (χ1) is 8.92. The molecule has 0 unspecified atom stereocenters. The molecular weight excluding hydrogens is 256 g/mol. The van der Waals surface area contributed by atoms with Crippen LogP contribution in [0.1, 0.15) is 20.9 Å². The second-order valence-electron chi connectivity index (χ2n) is 4.28. The summed E-state index contributed by atoms with van der Waals surface area (Å²) in [6.07, 6.45) is 2.11. The average Bonchev–Trinajstić information content (AvgIpc) is 3.05. The molecule has 0 bridgehead atoms. The Morgan fingerprint density at radius 2 is 1.11 bits per heavy atom. The Kier molecular flexibility index (Phi) is 3.58. The van der Waals surface area contributed by atoms with Crippen LogP contribution in [0.25, 0.3) is 0 Å². The van der Waals surface area contributed by atoms with Crippen molar-refractivity contribution in [3.8, 4) is 0 Å². The van der Waals surface area contributed by atoms with Crippen LogP contribution in [-0.4, -0.2) is 0 Å². The van der Waals surface area contributed by atoms with Gasteiger partial charge in [0.2, 0.25) is 0 Å². The van der Waals surface area contributed by atoms with E-state index in [1.807, 2.05) is 22.7 Å². The highest BCUT2D eigenvalue weighted by atomic mass is 32.1. The van der Waals surface area contributed by atoms with Gasteiger partial charge < -0.3 is 0 Å². The van der Waals surface area contributed by atoms with Crippen LogP contribution in [-0.2, 0) is 12.8 Å². The van der Waals surface area contributed by atoms with E-state index in [1.165, 1.54) is 20.9 Å². The fourth-order valence-corrected chi connectivity index (χ4v) is 3.56. The highest BCUT2D eigenvalue weighted by Crippen LogP contribution is 2.22. The summed E-state index contributed by atoms with van der Waals surface area (Å²) in [5.74, 6) is 0. The maximum atomic E-state index is 2.25. The minimum atomic E-state index is 1.05. The van der Waals surface area contributed by atoms with Crippen molar-refractivity contribution < 1.29 is 0 Å². The van der Waals surface area contributed by atoms with Crippen molar-refractivity contribution in [3.63, 3.8) is 0 Å². The van der Waals surface area contributed by atoms with Crippen LogP contribution in [0, 0.1) is 0 Å². The molecule has 0 amide bonds. The van der Waals surface area contributed by atoms with E-state index in [2.05, 4.69) is 59.3 Å². The van der Waals surface area contributed by atoms with Crippen molar-refractivity contribution in [2.75, 3.05) is 0 Å². The highest BCUT2D eigenvalue weighted by molar-refractivity contribution is 7.10. The summed E-state index contributed by atoms with van der Waals surface area (Å²) in [6.45, 7) is 0. The molecule has 2 aromatic heterocycles. The minimum Gasteiger partial charge on any atom is -0.149 e. The normalized spacial score (nSPS) is 10.7. The largest absolute Gasteiger partial charge is 0.149 e. The molecule has 0 saturated carbocycles. The molecular formula is C16H14S2. The number of rotatable bonds is 4. The zero-order valence-corrected chi connectivity index (χ0v) is 11.6. The van der Waals surface area contributed by atoms with Crippen LogP contribution in [0.2, 0.25) is 0 Å². The summed E-state index contributed by atoms with van der Waals surface area (Å²) in [4.78, 5) is 2.88. The molecule has 2 heteroatoms. The van der Waals surface area contributed by atoms with Crippen molar-refractivity contribution in [1.82, 2.24) is 0 Å². The summed E-state index contributed by atoms with van der Waals surface area (Å²) in [7, 11) is 0. The van der Waals surface area contributed by atoms with E-state index < -0.39 is 0 Å². The monoisotopic (exact) mass is 270 g/mol. The third-order valence-electron chi connectivity index (χ3n) is 3.01. The maximum Gasteiger partial charge on any atom is 0.00891 e. The lowest BCUT2D eigenvalue weighted by Crippen LogP contribution is -1.94. The first-order valence-electron chi connectivity index (χ1n) is 6.03. The zero-order chi connectivity index (χ0) is 12.2. The molecule has 0 fully saturated rings. The van der Waals surface area contributed by atoms with Gasteiger partial charge in [-0.15, -0.1) is 22.7 Å². The number of hydrogen-bond acceptors (Lipinski definition) is 2. The van der Waals surface area contributed by atoms with E-state index in [1.54, 1.807) is 0 Å². The van der Waals surface area contributed by atoms with Crippen LogP contribution in [0.5, 0.6) is 0 Å². The Morgan fingerprint density at radius 1 is 0.611 bits per heavy atom. The van der Waals surface area contributed by atoms with Gasteiger partial charge in [0.1, 0.15) is 0 Å². The Labute approximate surface area is 116 Å². The number of hydrogen-bond donors (Lipinski definition) is 0. The Morgan fingerprint density at radius 3 is 1.50 bits per heavy atom. The van der Waals surface area contributed by atoms with Gasteiger partial charge in [-0.25, -0.2) is 0 Å². The summed E-state index contributed by atoms with van der Waals surface area (Å²) in [6, 6.07) is 17.5. The Bertz CT molecular complexity index is 537. The lowest BCUT2D eigenvalue weighted by atomic mass is 10.0. The van der Waals surface area contributed by atoms with Gasteiger partial charge in [-0.3, -0.25) is 0 Å². The Hall–Kier alpha value is -1.38. The van der Waals surface area contributed by atoms with E-state index in [4.69, 9.17) is 0 Å². The molecule has 0 saturated heterocycles. The van der Waals surface area contributed by atoms with E-state index in [9.17, 15) is 0 Å². The molecule has 1 aromatic carbocycles. The molecule has 2 heterocycles. The smallest absolute Gasteiger partial charge is 0.00891 e.